The first-order chi connectivity index (χ1) is 21.1. The maximum atomic E-state index is 12.3. The number of benzene rings is 2. The first-order valence-electron chi connectivity index (χ1n) is 17.1. The average Bonchev–Trinajstić information content (AvgIpc) is 3.50. The summed E-state index contributed by atoms with van der Waals surface area (Å²) in [7, 11) is 0. The number of ketones is 1. The number of fused-ring (bicyclic) bond motifs is 10. The molecule has 4 saturated carbocycles. The van der Waals surface area contributed by atoms with Gasteiger partial charge in [-0.15, -0.1) is 0 Å². The summed E-state index contributed by atoms with van der Waals surface area (Å²) >= 11 is 0. The van der Waals surface area contributed by atoms with Crippen molar-refractivity contribution in [3.8, 4) is 11.5 Å². The third-order valence-corrected chi connectivity index (χ3v) is 13.2. The number of amides is 1. The van der Waals surface area contributed by atoms with Gasteiger partial charge in [-0.2, -0.15) is 5.10 Å². The molecule has 0 bridgehead atoms. The van der Waals surface area contributed by atoms with E-state index in [9.17, 15) is 19.8 Å². The van der Waals surface area contributed by atoms with Crippen molar-refractivity contribution in [2.75, 3.05) is 0 Å². The van der Waals surface area contributed by atoms with Gasteiger partial charge in [0.15, 0.2) is 0 Å². The maximum absolute atomic E-state index is 12.3. The first kappa shape index (κ1) is 34.2. The Morgan fingerprint density at radius 1 is 0.739 bits per heavy atom. The Labute approximate surface area is 276 Å². The van der Waals surface area contributed by atoms with E-state index in [4.69, 9.17) is 0 Å². The van der Waals surface area contributed by atoms with Crippen molar-refractivity contribution in [2.45, 2.75) is 125 Å². The third kappa shape index (κ3) is 5.58. The summed E-state index contributed by atoms with van der Waals surface area (Å²) in [4.78, 5) is 23.5. The molecule has 6 nitrogen and oxygen atoms in total. The summed E-state index contributed by atoms with van der Waals surface area (Å²) < 4.78 is 0. The smallest absolute Gasteiger partial charge is 0.236 e. The van der Waals surface area contributed by atoms with E-state index in [0.29, 0.717) is 52.8 Å². The van der Waals surface area contributed by atoms with Crippen LogP contribution >= 0.6 is 0 Å². The molecule has 0 spiro atoms. The van der Waals surface area contributed by atoms with E-state index in [0.717, 1.165) is 51.4 Å². The summed E-state index contributed by atoms with van der Waals surface area (Å²) in [5.41, 5.74) is 9.53. The van der Waals surface area contributed by atoms with Gasteiger partial charge in [-0.05, 0) is 153 Å². The van der Waals surface area contributed by atoms with Gasteiger partial charge in [0.25, 0.3) is 0 Å². The molecule has 250 valence electrons. The van der Waals surface area contributed by atoms with Gasteiger partial charge in [0.05, 0.1) is 0 Å². The van der Waals surface area contributed by atoms with Gasteiger partial charge in [0.2, 0.25) is 5.91 Å². The van der Waals surface area contributed by atoms with E-state index in [1.54, 1.807) is 0 Å². The first-order valence-corrected chi connectivity index (χ1v) is 17.1. The summed E-state index contributed by atoms with van der Waals surface area (Å²) in [5.74, 6) is 5.06. The minimum atomic E-state index is -0.0883. The van der Waals surface area contributed by atoms with Gasteiger partial charge in [0.1, 0.15) is 17.3 Å². The van der Waals surface area contributed by atoms with Crippen molar-refractivity contribution in [1.29, 1.82) is 0 Å². The number of hydrogen-bond donors (Lipinski definition) is 3. The number of hydrazone groups is 1. The molecule has 0 aliphatic heterocycles. The number of hydrogen-bond acceptors (Lipinski definition) is 5. The van der Waals surface area contributed by atoms with Crippen LogP contribution in [0.5, 0.6) is 11.5 Å². The Hall–Kier alpha value is -3.15. The SMILES string of the molecule is C.C.CC(=O)N/N=C1\CCC2C3CCc4cc(O)ccc4C3CC[C@]12C.C[C@]12CCC3c4ccc(O)cc4CCC3C1CCC2=O. The van der Waals surface area contributed by atoms with E-state index in [-0.39, 0.29) is 31.6 Å². The number of phenols is 2. The highest BCUT2D eigenvalue weighted by Gasteiger charge is 2.55. The molecule has 0 saturated heterocycles. The predicted octanol–water partition coefficient (Wildman–Crippen LogP) is 8.83. The summed E-state index contributed by atoms with van der Waals surface area (Å²) in [6.07, 6.45) is 13.1. The standard InChI is InChI=1S/C20H26N2O2.C18H22O2.2CH4/c1-12(23)21-22-19-8-7-18-17-5-3-13-11-14(24)4-6-15(13)16(17)9-10-20(18,19)2;1-18-9-8-14-13-5-3-12(19)10-11(13)2-4-15(14)16(18)6-7-17(18)20;;/h4,6,11,16-18,24H,3,5,7-10H2,1-2H3,(H,21,23);3,5,10,14-16,19H,2,4,6-9H2,1H3;2*1H4/b22-19+;;;/t16?,17?,18?,20-;14?,15?,16?,18-;;/m00../s1. The Bertz CT molecular complexity index is 1510. The lowest BCUT2D eigenvalue weighted by Crippen LogP contribution is -2.43. The van der Waals surface area contributed by atoms with Gasteiger partial charge in [-0.3, -0.25) is 9.59 Å². The van der Waals surface area contributed by atoms with Gasteiger partial charge in [-0.25, -0.2) is 5.43 Å². The zero-order valence-corrected chi connectivity index (χ0v) is 26.6. The molecule has 3 N–H and O–H groups in total. The fourth-order valence-electron chi connectivity index (χ4n) is 11.0. The molecule has 2 aromatic rings. The fourth-order valence-corrected chi connectivity index (χ4v) is 11.0. The molecule has 4 fully saturated rings. The van der Waals surface area contributed by atoms with Crippen LogP contribution < -0.4 is 5.43 Å². The second kappa shape index (κ2) is 12.8. The van der Waals surface area contributed by atoms with E-state index in [1.807, 2.05) is 24.3 Å². The number of nitrogens with zero attached hydrogens (tertiary/aromatic N) is 1. The molecule has 6 unspecified atom stereocenters. The van der Waals surface area contributed by atoms with Gasteiger partial charge >= 0.3 is 0 Å². The highest BCUT2D eigenvalue weighted by Crippen LogP contribution is 2.61. The normalized spacial score (nSPS) is 35.7. The molecule has 8 atom stereocenters. The average molecular weight is 629 g/mol. The van der Waals surface area contributed by atoms with Crippen LogP contribution in [0.15, 0.2) is 41.5 Å². The quantitative estimate of drug-likeness (QED) is 0.275. The van der Waals surface area contributed by atoms with Crippen molar-refractivity contribution < 1.29 is 19.8 Å². The monoisotopic (exact) mass is 628 g/mol. The van der Waals surface area contributed by atoms with E-state index in [1.165, 1.54) is 60.6 Å². The molecule has 6 aliphatic carbocycles. The fraction of sp³-hybridized carbons (Fsp3) is 0.625. The second-order valence-corrected chi connectivity index (χ2v) is 15.2. The largest absolute Gasteiger partial charge is 0.508 e. The number of aromatic hydroxyl groups is 2. The number of nitrogens with one attached hydrogen (secondary N) is 1. The van der Waals surface area contributed by atoms with Crippen molar-refractivity contribution >= 4 is 17.4 Å². The molecule has 46 heavy (non-hydrogen) atoms. The molecule has 6 heteroatoms. The lowest BCUT2D eigenvalue weighted by molar-refractivity contribution is -0.129. The lowest BCUT2D eigenvalue weighted by atomic mass is 9.55. The Balaban J connectivity index is 0.000000176. The van der Waals surface area contributed by atoms with Crippen LogP contribution in [0.25, 0.3) is 0 Å². The zero-order chi connectivity index (χ0) is 30.8. The molecule has 6 aliphatic rings. The number of carbonyl (C=O) groups is 2. The summed E-state index contributed by atoms with van der Waals surface area (Å²) in [6, 6.07) is 11.8. The summed E-state index contributed by atoms with van der Waals surface area (Å²) in [6.45, 7) is 6.09. The van der Waals surface area contributed by atoms with Crippen LogP contribution in [0.4, 0.5) is 0 Å². The highest BCUT2D eigenvalue weighted by molar-refractivity contribution is 5.93. The Kier molecular flexibility index (Phi) is 9.52. The second-order valence-electron chi connectivity index (χ2n) is 15.2. The molecule has 1 amide bonds. The predicted molar refractivity (Wildman–Crippen MR) is 185 cm³/mol. The molecule has 0 heterocycles. The Morgan fingerprint density at radius 2 is 1.24 bits per heavy atom. The van der Waals surface area contributed by atoms with E-state index in [2.05, 4.69) is 36.5 Å². The minimum Gasteiger partial charge on any atom is -0.508 e. The molecule has 8 rings (SSSR count). The van der Waals surface area contributed by atoms with Crippen LogP contribution in [-0.4, -0.2) is 27.6 Å². The topological polar surface area (TPSA) is 99.0 Å². The van der Waals surface area contributed by atoms with Gasteiger partial charge < -0.3 is 10.2 Å². The van der Waals surface area contributed by atoms with Crippen molar-refractivity contribution in [3.63, 3.8) is 0 Å². The lowest BCUT2D eigenvalue weighted by Gasteiger charge is -2.49. The third-order valence-electron chi connectivity index (χ3n) is 13.2. The van der Waals surface area contributed by atoms with Crippen molar-refractivity contribution in [3.05, 3.63) is 58.7 Å². The van der Waals surface area contributed by atoms with Crippen LogP contribution in [-0.2, 0) is 22.4 Å². The van der Waals surface area contributed by atoms with Crippen LogP contribution in [0.3, 0.4) is 0 Å². The minimum absolute atomic E-state index is 0. The molecule has 2 aromatic carbocycles. The molecule has 0 radical (unpaired) electrons. The molecule has 0 aromatic heterocycles. The number of rotatable bonds is 1. The van der Waals surface area contributed by atoms with Crippen LogP contribution in [0, 0.1) is 34.5 Å². The molecular formula is C40H56N2O4. The van der Waals surface area contributed by atoms with Crippen LogP contribution in [0.2, 0.25) is 0 Å². The van der Waals surface area contributed by atoms with E-state index < -0.39 is 0 Å². The maximum Gasteiger partial charge on any atom is 0.236 e. The van der Waals surface area contributed by atoms with Gasteiger partial charge in [-0.1, -0.05) is 40.8 Å². The zero-order valence-electron chi connectivity index (χ0n) is 26.6. The van der Waals surface area contributed by atoms with Crippen molar-refractivity contribution in [2.24, 2.45) is 39.6 Å². The van der Waals surface area contributed by atoms with Crippen LogP contribution in [0.1, 0.15) is 134 Å². The number of phenolic OH excluding ortho intramolecular Hbond substituents is 2. The number of aryl methyl sites for hydroxylation is 2. The summed E-state index contributed by atoms with van der Waals surface area (Å²) in [5, 5.41) is 23.9. The number of carbonyl (C=O) groups excluding carboxylic acids is 2. The van der Waals surface area contributed by atoms with E-state index >= 15 is 0 Å². The highest BCUT2D eigenvalue weighted by atomic mass is 16.3. The van der Waals surface area contributed by atoms with Gasteiger partial charge in [0, 0.05) is 29.9 Å². The van der Waals surface area contributed by atoms with Crippen molar-refractivity contribution in [1.82, 2.24) is 5.43 Å². The number of Topliss-reactive ketones (excluding diaryl/α,β-unsaturated/α-hetero) is 1. The molecular weight excluding hydrogens is 572 g/mol. The Morgan fingerprint density at radius 3 is 1.78 bits per heavy atom.